The van der Waals surface area contributed by atoms with Gasteiger partial charge in [0, 0.05) is 6.04 Å². The highest BCUT2D eigenvalue weighted by molar-refractivity contribution is 6.42. The van der Waals surface area contributed by atoms with Gasteiger partial charge in [-0.25, -0.2) is 4.98 Å². The van der Waals surface area contributed by atoms with E-state index in [1.165, 1.54) is 12.8 Å². The summed E-state index contributed by atoms with van der Waals surface area (Å²) in [5, 5.41) is 4.55. The van der Waals surface area contributed by atoms with E-state index >= 15 is 0 Å². The Kier molecular flexibility index (Phi) is 7.13. The first-order valence-corrected chi connectivity index (χ1v) is 7.49. The van der Waals surface area contributed by atoms with Crippen molar-refractivity contribution in [3.8, 4) is 0 Å². The number of anilines is 1. The largest absolute Gasteiger partial charge is 0.366 e. The highest BCUT2D eigenvalue weighted by Gasteiger charge is 2.12. The van der Waals surface area contributed by atoms with E-state index in [1.54, 1.807) is 6.07 Å². The molecule has 102 valence electrons. The van der Waals surface area contributed by atoms with Gasteiger partial charge in [-0.1, -0.05) is 67.9 Å². The highest BCUT2D eigenvalue weighted by atomic mass is 35.5. The van der Waals surface area contributed by atoms with E-state index in [1.807, 2.05) is 0 Å². The average molecular weight is 310 g/mol. The molecule has 0 bridgehead atoms. The summed E-state index contributed by atoms with van der Waals surface area (Å²) in [6.07, 6.45) is 5.71. The molecule has 0 aliphatic carbocycles. The van der Waals surface area contributed by atoms with Crippen molar-refractivity contribution >= 4 is 40.6 Å². The summed E-state index contributed by atoms with van der Waals surface area (Å²) >= 11 is 17.9. The molecule has 1 aromatic heterocycles. The topological polar surface area (TPSA) is 24.9 Å². The molecule has 0 radical (unpaired) electrons. The van der Waals surface area contributed by atoms with Crippen LogP contribution in [0.5, 0.6) is 0 Å². The van der Waals surface area contributed by atoms with Crippen molar-refractivity contribution in [1.29, 1.82) is 0 Å². The van der Waals surface area contributed by atoms with E-state index in [4.69, 9.17) is 34.8 Å². The predicted octanol–water partition coefficient (Wildman–Crippen LogP) is 5.81. The van der Waals surface area contributed by atoms with Crippen LogP contribution < -0.4 is 5.32 Å². The molecule has 0 saturated carbocycles. The second-order valence-electron chi connectivity index (χ2n) is 4.36. The van der Waals surface area contributed by atoms with E-state index in [0.29, 0.717) is 21.9 Å². The van der Waals surface area contributed by atoms with Crippen LogP contribution in [-0.2, 0) is 0 Å². The Morgan fingerprint density at radius 2 is 1.83 bits per heavy atom. The zero-order valence-electron chi connectivity index (χ0n) is 10.8. The zero-order chi connectivity index (χ0) is 13.5. The molecular weight excluding hydrogens is 291 g/mol. The molecule has 18 heavy (non-hydrogen) atoms. The fourth-order valence-electron chi connectivity index (χ4n) is 1.83. The molecule has 2 nitrogen and oxygen atoms in total. The van der Waals surface area contributed by atoms with Crippen molar-refractivity contribution in [1.82, 2.24) is 4.98 Å². The van der Waals surface area contributed by atoms with Crippen LogP contribution in [0.3, 0.4) is 0 Å². The van der Waals surface area contributed by atoms with Gasteiger partial charge in [0.15, 0.2) is 0 Å². The zero-order valence-corrected chi connectivity index (χ0v) is 13.0. The maximum atomic E-state index is 6.11. The summed E-state index contributed by atoms with van der Waals surface area (Å²) in [6.45, 7) is 4.36. The molecular formula is C13H19Cl3N2. The van der Waals surface area contributed by atoms with Crippen molar-refractivity contribution in [3.63, 3.8) is 0 Å². The number of unbranched alkanes of at least 4 members (excludes halogenated alkanes) is 1. The maximum Gasteiger partial charge on any atom is 0.150 e. The molecule has 0 fully saturated rings. The molecule has 0 aliphatic heterocycles. The third-order valence-corrected chi connectivity index (χ3v) is 3.73. The lowest BCUT2D eigenvalue weighted by Gasteiger charge is -2.19. The number of hydrogen-bond acceptors (Lipinski definition) is 2. The van der Waals surface area contributed by atoms with Crippen LogP contribution in [0.4, 0.5) is 5.82 Å². The summed E-state index contributed by atoms with van der Waals surface area (Å²) in [7, 11) is 0. The molecule has 1 atom stereocenters. The summed E-state index contributed by atoms with van der Waals surface area (Å²) in [5.41, 5.74) is 0. The third-order valence-electron chi connectivity index (χ3n) is 2.77. The molecule has 1 unspecified atom stereocenters. The number of nitrogens with zero attached hydrogens (tertiary/aromatic N) is 1. The van der Waals surface area contributed by atoms with Crippen LogP contribution >= 0.6 is 34.8 Å². The molecule has 1 N–H and O–H groups in total. The standard InChI is InChI=1S/C13H19Cl3N2/c1-3-5-7-9(6-4-2)17-13-11(15)8-10(14)12(16)18-13/h8-9H,3-7H2,1-2H3,(H,17,18). The van der Waals surface area contributed by atoms with Crippen molar-refractivity contribution in [2.24, 2.45) is 0 Å². The van der Waals surface area contributed by atoms with Gasteiger partial charge in [0.05, 0.1) is 10.0 Å². The van der Waals surface area contributed by atoms with Crippen LogP contribution in [0.15, 0.2) is 6.07 Å². The second kappa shape index (κ2) is 8.08. The Balaban J connectivity index is 2.76. The van der Waals surface area contributed by atoms with Crippen LogP contribution in [0, 0.1) is 0 Å². The molecule has 1 aromatic rings. The van der Waals surface area contributed by atoms with E-state index in [2.05, 4.69) is 24.1 Å². The lowest BCUT2D eigenvalue weighted by Crippen LogP contribution is -2.20. The Bertz CT molecular complexity index is 383. The van der Waals surface area contributed by atoms with Crippen LogP contribution in [0.25, 0.3) is 0 Å². The Labute approximate surface area is 124 Å². The van der Waals surface area contributed by atoms with Crippen molar-refractivity contribution in [2.45, 2.75) is 52.0 Å². The number of aromatic nitrogens is 1. The van der Waals surface area contributed by atoms with Crippen LogP contribution in [0.1, 0.15) is 46.0 Å². The Morgan fingerprint density at radius 3 is 2.44 bits per heavy atom. The van der Waals surface area contributed by atoms with Crippen LogP contribution in [-0.4, -0.2) is 11.0 Å². The fourth-order valence-corrected chi connectivity index (χ4v) is 2.38. The number of nitrogens with one attached hydrogen (secondary N) is 1. The van der Waals surface area contributed by atoms with Gasteiger partial charge in [-0.2, -0.15) is 0 Å². The molecule has 0 aromatic carbocycles. The van der Waals surface area contributed by atoms with Crippen molar-refractivity contribution < 1.29 is 0 Å². The number of hydrogen-bond donors (Lipinski definition) is 1. The van der Waals surface area contributed by atoms with Gasteiger partial charge >= 0.3 is 0 Å². The Hall–Kier alpha value is -0.180. The first-order chi connectivity index (χ1) is 8.58. The fraction of sp³-hybridized carbons (Fsp3) is 0.615. The second-order valence-corrected chi connectivity index (χ2v) is 5.54. The molecule has 0 aliphatic rings. The minimum absolute atomic E-state index is 0.286. The third kappa shape index (κ3) is 4.83. The normalized spacial score (nSPS) is 12.5. The minimum atomic E-state index is 0.286. The first-order valence-electron chi connectivity index (χ1n) is 6.36. The first kappa shape index (κ1) is 15.9. The lowest BCUT2D eigenvalue weighted by molar-refractivity contribution is 0.563. The van der Waals surface area contributed by atoms with E-state index in [9.17, 15) is 0 Å². The van der Waals surface area contributed by atoms with Crippen molar-refractivity contribution in [2.75, 3.05) is 5.32 Å². The van der Waals surface area contributed by atoms with E-state index < -0.39 is 0 Å². The predicted molar refractivity (Wildman–Crippen MR) is 81.1 cm³/mol. The maximum absolute atomic E-state index is 6.11. The minimum Gasteiger partial charge on any atom is -0.366 e. The number of halogens is 3. The Morgan fingerprint density at radius 1 is 1.11 bits per heavy atom. The lowest BCUT2D eigenvalue weighted by atomic mass is 10.1. The van der Waals surface area contributed by atoms with Crippen LogP contribution in [0.2, 0.25) is 15.2 Å². The van der Waals surface area contributed by atoms with Gasteiger partial charge in [-0.05, 0) is 18.9 Å². The quantitative estimate of drug-likeness (QED) is 0.643. The van der Waals surface area contributed by atoms with E-state index in [0.717, 1.165) is 19.3 Å². The molecule has 1 heterocycles. The molecule has 5 heteroatoms. The highest BCUT2D eigenvalue weighted by Crippen LogP contribution is 2.29. The van der Waals surface area contributed by atoms with Gasteiger partial charge in [-0.3, -0.25) is 0 Å². The SMILES string of the molecule is CCCCC(CCC)Nc1nc(Cl)c(Cl)cc1Cl. The molecule has 1 rings (SSSR count). The summed E-state index contributed by atoms with van der Waals surface area (Å²) in [5.74, 6) is 0.626. The summed E-state index contributed by atoms with van der Waals surface area (Å²) in [6, 6.07) is 2.01. The average Bonchev–Trinajstić information content (AvgIpc) is 2.33. The summed E-state index contributed by atoms with van der Waals surface area (Å²) in [4.78, 5) is 4.19. The number of rotatable bonds is 7. The van der Waals surface area contributed by atoms with E-state index in [-0.39, 0.29) is 5.15 Å². The monoisotopic (exact) mass is 308 g/mol. The van der Waals surface area contributed by atoms with Crippen molar-refractivity contribution in [3.05, 3.63) is 21.3 Å². The van der Waals surface area contributed by atoms with Gasteiger partial charge in [0.25, 0.3) is 0 Å². The molecule has 0 spiro atoms. The smallest absolute Gasteiger partial charge is 0.150 e. The number of pyridine rings is 1. The summed E-state index contributed by atoms with van der Waals surface area (Å²) < 4.78 is 0. The molecule has 0 saturated heterocycles. The van der Waals surface area contributed by atoms with Gasteiger partial charge in [0.2, 0.25) is 0 Å². The van der Waals surface area contributed by atoms with Gasteiger partial charge in [-0.15, -0.1) is 0 Å². The van der Waals surface area contributed by atoms with Gasteiger partial charge in [0.1, 0.15) is 11.0 Å². The molecule has 0 amide bonds. The van der Waals surface area contributed by atoms with Gasteiger partial charge < -0.3 is 5.32 Å².